The Labute approximate surface area is 123 Å². The van der Waals surface area contributed by atoms with Crippen LogP contribution in [0, 0.1) is 5.92 Å². The molecule has 0 bridgehead atoms. The minimum atomic E-state index is -0.192. The first-order valence-corrected chi connectivity index (χ1v) is 6.31. The zero-order valence-corrected chi connectivity index (χ0v) is 12.8. The largest absolute Gasteiger partial charge is 0.324 e. The van der Waals surface area contributed by atoms with Crippen LogP contribution < -0.4 is 5.73 Å². The molecule has 2 nitrogen and oxygen atoms in total. The SMILES string of the molecule is CC(C)CC[C@@H](N)c1c(Cl)cnc(Cl)c1Cl.Cl. The van der Waals surface area contributed by atoms with Crippen molar-refractivity contribution in [3.8, 4) is 0 Å². The summed E-state index contributed by atoms with van der Waals surface area (Å²) in [5, 5.41) is 1.09. The van der Waals surface area contributed by atoms with Crippen LogP contribution in [0.2, 0.25) is 15.2 Å². The van der Waals surface area contributed by atoms with Crippen LogP contribution in [-0.4, -0.2) is 4.98 Å². The Morgan fingerprint density at radius 3 is 2.35 bits per heavy atom. The molecule has 0 aliphatic rings. The van der Waals surface area contributed by atoms with E-state index in [9.17, 15) is 0 Å². The van der Waals surface area contributed by atoms with Crippen molar-refractivity contribution in [3.63, 3.8) is 0 Å². The molecule has 0 aliphatic heterocycles. The van der Waals surface area contributed by atoms with Crippen molar-refractivity contribution in [3.05, 3.63) is 27.0 Å². The normalized spacial score (nSPS) is 12.4. The topological polar surface area (TPSA) is 38.9 Å². The second kappa shape index (κ2) is 7.65. The maximum absolute atomic E-state index is 6.06. The average Bonchev–Trinajstić information content (AvgIpc) is 2.21. The zero-order chi connectivity index (χ0) is 12.3. The Hall–Kier alpha value is 0.270. The van der Waals surface area contributed by atoms with E-state index in [0.717, 1.165) is 12.8 Å². The van der Waals surface area contributed by atoms with Crippen LogP contribution in [0.5, 0.6) is 0 Å². The van der Waals surface area contributed by atoms with Gasteiger partial charge in [-0.3, -0.25) is 0 Å². The molecule has 0 fully saturated rings. The lowest BCUT2D eigenvalue weighted by Gasteiger charge is -2.16. The Bertz CT molecular complexity index is 369. The fourth-order valence-corrected chi connectivity index (χ4v) is 2.23. The minimum Gasteiger partial charge on any atom is -0.324 e. The van der Waals surface area contributed by atoms with Crippen LogP contribution in [0.3, 0.4) is 0 Å². The monoisotopic (exact) mass is 316 g/mol. The van der Waals surface area contributed by atoms with Crippen LogP contribution in [0.1, 0.15) is 38.3 Å². The van der Waals surface area contributed by atoms with Crippen molar-refractivity contribution in [2.75, 3.05) is 0 Å². The van der Waals surface area contributed by atoms with Gasteiger partial charge in [-0.15, -0.1) is 12.4 Å². The summed E-state index contributed by atoms with van der Waals surface area (Å²) in [6.45, 7) is 4.30. The summed E-state index contributed by atoms with van der Waals surface area (Å²) >= 11 is 17.9. The summed E-state index contributed by atoms with van der Waals surface area (Å²) in [7, 11) is 0. The molecule has 0 aliphatic carbocycles. The molecule has 17 heavy (non-hydrogen) atoms. The minimum absolute atomic E-state index is 0. The highest BCUT2D eigenvalue weighted by atomic mass is 35.5. The summed E-state index contributed by atoms with van der Waals surface area (Å²) in [6.07, 6.45) is 3.34. The molecule has 1 rings (SSSR count). The highest BCUT2D eigenvalue weighted by Gasteiger charge is 2.17. The van der Waals surface area contributed by atoms with Gasteiger partial charge in [-0.1, -0.05) is 48.7 Å². The highest BCUT2D eigenvalue weighted by Crippen LogP contribution is 2.35. The van der Waals surface area contributed by atoms with E-state index in [1.54, 1.807) is 0 Å². The Morgan fingerprint density at radius 2 is 1.82 bits per heavy atom. The lowest BCUT2D eigenvalue weighted by Crippen LogP contribution is -2.13. The smallest absolute Gasteiger partial charge is 0.148 e. The molecule has 1 atom stereocenters. The van der Waals surface area contributed by atoms with Gasteiger partial charge >= 0.3 is 0 Å². The molecule has 0 amide bonds. The van der Waals surface area contributed by atoms with Crippen LogP contribution >= 0.6 is 47.2 Å². The number of nitrogens with zero attached hydrogens (tertiary/aromatic N) is 1. The Balaban J connectivity index is 0.00000256. The fraction of sp³-hybridized carbons (Fsp3) is 0.545. The highest BCUT2D eigenvalue weighted by molar-refractivity contribution is 6.43. The first-order chi connectivity index (χ1) is 7.43. The molecule has 0 unspecified atom stereocenters. The average molecular weight is 318 g/mol. The third-order valence-electron chi connectivity index (χ3n) is 2.39. The van der Waals surface area contributed by atoms with E-state index < -0.39 is 0 Å². The van der Waals surface area contributed by atoms with Crippen molar-refractivity contribution in [2.24, 2.45) is 11.7 Å². The van der Waals surface area contributed by atoms with Crippen LogP contribution in [0.4, 0.5) is 0 Å². The molecule has 6 heteroatoms. The van der Waals surface area contributed by atoms with Crippen molar-refractivity contribution in [2.45, 2.75) is 32.7 Å². The number of pyridine rings is 1. The quantitative estimate of drug-likeness (QED) is 0.802. The molecular weight excluding hydrogens is 302 g/mol. The number of halogens is 4. The molecule has 1 aromatic rings. The van der Waals surface area contributed by atoms with Gasteiger partial charge in [-0.25, -0.2) is 4.98 Å². The first kappa shape index (κ1) is 17.3. The molecule has 0 saturated heterocycles. The summed E-state index contributed by atoms with van der Waals surface area (Å²) in [5.41, 5.74) is 6.76. The molecular formula is C11H16Cl4N2. The molecule has 1 heterocycles. The van der Waals surface area contributed by atoms with Crippen molar-refractivity contribution < 1.29 is 0 Å². The predicted octanol–water partition coefficient (Wildman–Crippen LogP) is 4.90. The van der Waals surface area contributed by atoms with Gasteiger partial charge < -0.3 is 5.73 Å². The molecule has 98 valence electrons. The van der Waals surface area contributed by atoms with E-state index in [1.165, 1.54) is 6.20 Å². The standard InChI is InChI=1S/C11H15Cl3N2.ClH/c1-6(2)3-4-8(15)9-7(12)5-16-11(14)10(9)13;/h5-6,8H,3-4,15H2,1-2H3;1H/t8-;/m1./s1. The second-order valence-electron chi connectivity index (χ2n) is 4.20. The van der Waals surface area contributed by atoms with Gasteiger partial charge in [0.25, 0.3) is 0 Å². The van der Waals surface area contributed by atoms with E-state index in [4.69, 9.17) is 40.5 Å². The van der Waals surface area contributed by atoms with Gasteiger partial charge in [-0.2, -0.15) is 0 Å². The molecule has 0 aromatic carbocycles. The van der Waals surface area contributed by atoms with Gasteiger partial charge in [0, 0.05) is 17.8 Å². The summed E-state index contributed by atoms with van der Waals surface area (Å²) in [5.74, 6) is 0.598. The maximum Gasteiger partial charge on any atom is 0.148 e. The lowest BCUT2D eigenvalue weighted by molar-refractivity contribution is 0.507. The van der Waals surface area contributed by atoms with Gasteiger partial charge in [0.15, 0.2) is 0 Å². The van der Waals surface area contributed by atoms with E-state index in [0.29, 0.717) is 21.5 Å². The predicted molar refractivity (Wildman–Crippen MR) is 77.5 cm³/mol. The van der Waals surface area contributed by atoms with E-state index in [-0.39, 0.29) is 23.6 Å². The Kier molecular flexibility index (Phi) is 7.77. The van der Waals surface area contributed by atoms with Crippen molar-refractivity contribution in [1.29, 1.82) is 0 Å². The lowest BCUT2D eigenvalue weighted by atomic mass is 9.99. The van der Waals surface area contributed by atoms with E-state index >= 15 is 0 Å². The number of hydrogen-bond acceptors (Lipinski definition) is 2. The van der Waals surface area contributed by atoms with Crippen LogP contribution in [-0.2, 0) is 0 Å². The summed E-state index contributed by atoms with van der Waals surface area (Å²) in [6, 6.07) is -0.192. The van der Waals surface area contributed by atoms with Crippen LogP contribution in [0.15, 0.2) is 6.20 Å². The number of rotatable bonds is 4. The van der Waals surface area contributed by atoms with E-state index in [2.05, 4.69) is 18.8 Å². The van der Waals surface area contributed by atoms with E-state index in [1.807, 2.05) is 0 Å². The molecule has 0 spiro atoms. The van der Waals surface area contributed by atoms with Gasteiger partial charge in [0.05, 0.1) is 10.0 Å². The zero-order valence-electron chi connectivity index (χ0n) is 9.71. The first-order valence-electron chi connectivity index (χ1n) is 5.18. The van der Waals surface area contributed by atoms with Crippen LogP contribution in [0.25, 0.3) is 0 Å². The summed E-state index contributed by atoms with van der Waals surface area (Å²) < 4.78 is 0. The number of aromatic nitrogens is 1. The number of nitrogens with two attached hydrogens (primary N) is 1. The molecule has 1 aromatic heterocycles. The molecule has 2 N–H and O–H groups in total. The van der Waals surface area contributed by atoms with Gasteiger partial charge in [0.1, 0.15) is 5.15 Å². The molecule has 0 saturated carbocycles. The van der Waals surface area contributed by atoms with Crippen molar-refractivity contribution >= 4 is 47.2 Å². The van der Waals surface area contributed by atoms with Gasteiger partial charge in [0.2, 0.25) is 0 Å². The fourth-order valence-electron chi connectivity index (χ4n) is 1.45. The van der Waals surface area contributed by atoms with Gasteiger partial charge in [-0.05, 0) is 18.8 Å². The third kappa shape index (κ3) is 4.80. The van der Waals surface area contributed by atoms with Crippen molar-refractivity contribution in [1.82, 2.24) is 4.98 Å². The summed E-state index contributed by atoms with van der Waals surface area (Å²) in [4.78, 5) is 3.86. The maximum atomic E-state index is 6.06. The third-order valence-corrected chi connectivity index (χ3v) is 3.46. The second-order valence-corrected chi connectivity index (χ2v) is 5.35. The number of hydrogen-bond donors (Lipinski definition) is 1. The Morgan fingerprint density at radius 1 is 1.24 bits per heavy atom. The molecule has 0 radical (unpaired) electrons.